The van der Waals surface area contributed by atoms with Crippen molar-refractivity contribution in [2.75, 3.05) is 28.6 Å². The summed E-state index contributed by atoms with van der Waals surface area (Å²) in [4.78, 5) is 4.03. The van der Waals surface area contributed by atoms with E-state index in [-0.39, 0.29) is 28.8 Å². The minimum atomic E-state index is -4.55. The number of nitrogens with zero attached hydrogens (tertiary/aromatic N) is 2. The monoisotopic (exact) mass is 912 g/mol. The van der Waals surface area contributed by atoms with Gasteiger partial charge in [0.05, 0.1) is 16.7 Å². The van der Waals surface area contributed by atoms with E-state index in [9.17, 15) is 38.9 Å². The van der Waals surface area contributed by atoms with E-state index >= 15 is 0 Å². The lowest BCUT2D eigenvalue weighted by atomic mass is 9.78. The molecule has 14 heteroatoms. The van der Waals surface area contributed by atoms with E-state index in [0.29, 0.717) is 10.8 Å². The fourth-order valence-corrected chi connectivity index (χ4v) is 11.5. The van der Waals surface area contributed by atoms with Crippen LogP contribution in [0.3, 0.4) is 0 Å². The number of aryl methyl sites for hydroxylation is 1. The number of benzene rings is 5. The third kappa shape index (κ3) is 9.11. The molecule has 0 saturated heterocycles. The summed E-state index contributed by atoms with van der Waals surface area (Å²) in [5.41, 5.74) is 6.26. The molecule has 7 rings (SSSR count). The topological polar surface area (TPSA) is 170 Å². The molecular formula is C49H56N2O9S3. The largest absolute Gasteiger partial charge is 0.364 e. The lowest BCUT2D eigenvalue weighted by Gasteiger charge is -2.32. The summed E-state index contributed by atoms with van der Waals surface area (Å²) < 4.78 is 103. The molecule has 0 bridgehead atoms. The molecule has 0 amide bonds. The van der Waals surface area contributed by atoms with Crippen molar-refractivity contribution >= 4 is 68.8 Å². The number of allylic oxidation sites excluding steroid dienone is 5. The van der Waals surface area contributed by atoms with Gasteiger partial charge in [0.2, 0.25) is 0 Å². The Morgan fingerprint density at radius 3 is 2.11 bits per heavy atom. The van der Waals surface area contributed by atoms with Gasteiger partial charge >= 0.3 is 0 Å². The number of anilines is 2. The van der Waals surface area contributed by atoms with Gasteiger partial charge in [0.1, 0.15) is 4.90 Å². The molecule has 2 aliphatic rings. The Labute approximate surface area is 372 Å². The van der Waals surface area contributed by atoms with Crippen LogP contribution in [0.1, 0.15) is 89.5 Å². The van der Waals surface area contributed by atoms with Gasteiger partial charge in [-0.05, 0) is 106 Å². The third-order valence-corrected chi connectivity index (χ3v) is 15.2. The fraction of sp³-hybridized carbons (Fsp3) is 0.347. The smallest absolute Gasteiger partial charge is 0.295 e. The lowest BCUT2D eigenvalue weighted by Crippen LogP contribution is -2.40. The Morgan fingerprint density at radius 2 is 1.43 bits per heavy atom. The molecule has 0 radical (unpaired) electrons. The molecular weight excluding hydrogens is 857 g/mol. The van der Waals surface area contributed by atoms with E-state index in [0.717, 1.165) is 82.3 Å². The summed E-state index contributed by atoms with van der Waals surface area (Å²) >= 11 is 0. The third-order valence-electron chi connectivity index (χ3n) is 12.6. The first kappa shape index (κ1) is 46.2. The van der Waals surface area contributed by atoms with Crippen LogP contribution in [0.15, 0.2) is 125 Å². The van der Waals surface area contributed by atoms with Crippen molar-refractivity contribution in [1.29, 1.82) is 0 Å². The van der Waals surface area contributed by atoms with Gasteiger partial charge in [-0.15, -0.1) is 0 Å². The molecule has 1 unspecified atom stereocenters. The Hall–Kier alpha value is -4.83. The van der Waals surface area contributed by atoms with Gasteiger partial charge < -0.3 is 9.80 Å². The number of hydrogen-bond acceptors (Lipinski definition) is 8. The Kier molecular flexibility index (Phi) is 12.7. The zero-order chi connectivity index (χ0) is 45.7. The summed E-state index contributed by atoms with van der Waals surface area (Å²) in [6.45, 7) is 13.7. The van der Waals surface area contributed by atoms with Crippen molar-refractivity contribution in [2.24, 2.45) is 0 Å². The van der Waals surface area contributed by atoms with Crippen LogP contribution in [0.25, 0.3) is 27.1 Å². The van der Waals surface area contributed by atoms with Crippen molar-refractivity contribution < 1.29 is 38.9 Å². The molecule has 0 saturated carbocycles. The second kappa shape index (κ2) is 17.3. The van der Waals surface area contributed by atoms with Crippen molar-refractivity contribution in [2.45, 2.75) is 100 Å². The van der Waals surface area contributed by atoms with E-state index in [2.05, 4.69) is 81.2 Å². The first-order valence-corrected chi connectivity index (χ1v) is 25.8. The maximum atomic E-state index is 12.5. The molecule has 3 N–H and O–H groups in total. The van der Waals surface area contributed by atoms with Crippen LogP contribution in [0, 0.1) is 0 Å². The first-order chi connectivity index (χ1) is 29.6. The summed E-state index contributed by atoms with van der Waals surface area (Å²) in [6, 6.07) is 25.4. The molecule has 2 aliphatic heterocycles. The zero-order valence-electron chi connectivity index (χ0n) is 36.5. The van der Waals surface area contributed by atoms with Gasteiger partial charge in [-0.25, -0.2) is 0 Å². The van der Waals surface area contributed by atoms with E-state index in [1.807, 2.05) is 37.0 Å². The highest BCUT2D eigenvalue weighted by molar-refractivity contribution is 7.86. The Balaban J connectivity index is 1.40. The predicted molar refractivity (Wildman–Crippen MR) is 254 cm³/mol. The molecule has 0 fully saturated rings. The number of unbranched alkanes of at least 4 members (excludes halogenated alkanes) is 1. The van der Waals surface area contributed by atoms with Crippen LogP contribution in [0.2, 0.25) is 0 Å². The fourth-order valence-electron chi connectivity index (χ4n) is 9.76. The summed E-state index contributed by atoms with van der Waals surface area (Å²) in [5.74, 6) is -0.443. The average Bonchev–Trinajstić information content (AvgIpc) is 3.56. The number of fused-ring (bicyclic) bond motifs is 6. The Bertz CT molecular complexity index is 3040. The second-order valence-corrected chi connectivity index (χ2v) is 22.1. The lowest BCUT2D eigenvalue weighted by molar-refractivity contribution is 0.476. The highest BCUT2D eigenvalue weighted by atomic mass is 32.2. The van der Waals surface area contributed by atoms with Crippen LogP contribution in [-0.4, -0.2) is 63.8 Å². The standard InChI is InChI=1S/C49H56N2O9S3/c1-7-9-13-33-14-10-15-36(31-33)34(20-26-44-49(5,6)47-40-32-37(62(55,56)57)22-18-35(40)19-24-41(47)50(44)28-8-2)21-27-45-48(3,4)46-39-16-11-17-43(63(58,59)60)38(39)23-25-42(46)51(45)29-12-30-61(52,53)54/h10-11,14-27,31-32,44H,7-9,12-13,28-30H2,1-6H3,(H,52,53,54)(H,55,56,57)(H,58,59,60)/b26-20+,34-21-,45-27+. The normalized spacial score (nSPS) is 18.3. The maximum absolute atomic E-state index is 12.5. The van der Waals surface area contributed by atoms with Gasteiger partial charge in [-0.3, -0.25) is 13.7 Å². The highest BCUT2D eigenvalue weighted by Crippen LogP contribution is 2.52. The molecule has 5 aromatic rings. The average molecular weight is 913 g/mol. The van der Waals surface area contributed by atoms with E-state index in [4.69, 9.17) is 0 Å². The van der Waals surface area contributed by atoms with Crippen LogP contribution >= 0.6 is 0 Å². The van der Waals surface area contributed by atoms with Crippen LogP contribution in [-0.2, 0) is 47.6 Å². The molecule has 11 nitrogen and oxygen atoms in total. The minimum absolute atomic E-state index is 0.121. The molecule has 0 aromatic heterocycles. The van der Waals surface area contributed by atoms with Crippen LogP contribution in [0.4, 0.5) is 11.4 Å². The Morgan fingerprint density at radius 1 is 0.714 bits per heavy atom. The van der Waals surface area contributed by atoms with Crippen molar-refractivity contribution in [3.8, 4) is 0 Å². The van der Waals surface area contributed by atoms with Crippen molar-refractivity contribution in [3.63, 3.8) is 0 Å². The quantitative estimate of drug-likeness (QED) is 0.0675. The van der Waals surface area contributed by atoms with E-state index in [1.165, 1.54) is 17.7 Å². The first-order valence-electron chi connectivity index (χ1n) is 21.4. The second-order valence-electron chi connectivity index (χ2n) is 17.7. The minimum Gasteiger partial charge on any atom is -0.364 e. The van der Waals surface area contributed by atoms with Crippen LogP contribution in [0.5, 0.6) is 0 Å². The summed E-state index contributed by atoms with van der Waals surface area (Å²) in [6.07, 6.45) is 12.4. The molecule has 63 heavy (non-hydrogen) atoms. The van der Waals surface area contributed by atoms with E-state index in [1.54, 1.807) is 30.3 Å². The van der Waals surface area contributed by atoms with Crippen molar-refractivity contribution in [1.82, 2.24) is 0 Å². The van der Waals surface area contributed by atoms with Crippen molar-refractivity contribution in [3.05, 3.63) is 137 Å². The predicted octanol–water partition coefficient (Wildman–Crippen LogP) is 10.3. The van der Waals surface area contributed by atoms with E-state index < -0.39 is 46.9 Å². The maximum Gasteiger partial charge on any atom is 0.295 e. The number of hydrogen-bond donors (Lipinski definition) is 3. The molecule has 1 atom stereocenters. The van der Waals surface area contributed by atoms with Gasteiger partial charge in [0.15, 0.2) is 0 Å². The summed E-state index contributed by atoms with van der Waals surface area (Å²) in [7, 11) is -13.2. The van der Waals surface area contributed by atoms with Crippen LogP contribution < -0.4 is 9.80 Å². The SMILES string of the molecule is CCCCc1cccc(C(=C\C=C2\N(CCCS(=O)(=O)O)c3ccc4c(S(=O)(=O)O)cccc4c3C2(C)C)/C=C/C2N(CCC)c3ccc4ccc(S(=O)(=O)O)cc4c3C2(C)C)c1. The summed E-state index contributed by atoms with van der Waals surface area (Å²) in [5, 5.41) is 2.64. The van der Waals surface area contributed by atoms with Gasteiger partial charge in [-0.2, -0.15) is 25.3 Å². The molecule has 2 heterocycles. The molecule has 0 aliphatic carbocycles. The zero-order valence-corrected chi connectivity index (χ0v) is 39.0. The van der Waals surface area contributed by atoms with Gasteiger partial charge in [0.25, 0.3) is 30.4 Å². The van der Waals surface area contributed by atoms with Gasteiger partial charge in [-0.1, -0.05) is 121 Å². The van der Waals surface area contributed by atoms with Gasteiger partial charge in [0, 0.05) is 46.4 Å². The molecule has 334 valence electrons. The molecule has 5 aromatic carbocycles. The number of rotatable bonds is 15. The highest BCUT2D eigenvalue weighted by Gasteiger charge is 2.45. The molecule has 0 spiro atoms.